The molecule has 0 aliphatic heterocycles. The zero-order valence-corrected chi connectivity index (χ0v) is 12.9. The van der Waals surface area contributed by atoms with Crippen LogP contribution in [-0.2, 0) is 4.79 Å². The molecule has 0 saturated heterocycles. The van der Waals surface area contributed by atoms with Gasteiger partial charge in [0, 0.05) is 16.6 Å². The van der Waals surface area contributed by atoms with Crippen LogP contribution in [0.2, 0.25) is 0 Å². The van der Waals surface area contributed by atoms with Crippen LogP contribution in [0.3, 0.4) is 0 Å². The van der Waals surface area contributed by atoms with Crippen molar-refractivity contribution in [3.05, 3.63) is 34.2 Å². The second-order valence-electron chi connectivity index (χ2n) is 4.31. The minimum absolute atomic E-state index is 0.0200. The Labute approximate surface area is 126 Å². The first-order valence-corrected chi connectivity index (χ1v) is 7.98. The van der Waals surface area contributed by atoms with Gasteiger partial charge in [0.1, 0.15) is 5.82 Å². The molecule has 0 saturated carbocycles. The standard InChI is InChI=1S/C13H16N4OS2/c1-8-6-11(14)17-13(15-8)20-7-12(18)16-9(2)10-4-3-5-19-10/h3-6,9H,7H2,1-2H3,(H,16,18)(H2,14,15,17)/t9-/m0/s1. The number of thiophene rings is 1. The van der Waals surface area contributed by atoms with Crippen LogP contribution in [0.15, 0.2) is 28.7 Å². The lowest BCUT2D eigenvalue weighted by Crippen LogP contribution is -2.27. The van der Waals surface area contributed by atoms with Gasteiger partial charge in [-0.3, -0.25) is 4.79 Å². The number of hydrogen-bond donors (Lipinski definition) is 2. The molecule has 5 nitrogen and oxygen atoms in total. The number of nitrogens with two attached hydrogens (primary N) is 1. The van der Waals surface area contributed by atoms with Crippen LogP contribution >= 0.6 is 23.1 Å². The Morgan fingerprint density at radius 1 is 1.55 bits per heavy atom. The zero-order valence-electron chi connectivity index (χ0n) is 11.3. The van der Waals surface area contributed by atoms with Crippen LogP contribution in [-0.4, -0.2) is 21.6 Å². The summed E-state index contributed by atoms with van der Waals surface area (Å²) >= 11 is 2.91. The average Bonchev–Trinajstić information content (AvgIpc) is 2.89. The van der Waals surface area contributed by atoms with Crippen LogP contribution in [0, 0.1) is 6.92 Å². The molecule has 0 bridgehead atoms. The molecule has 0 aromatic carbocycles. The molecule has 2 aromatic heterocycles. The van der Waals surface area contributed by atoms with Crippen molar-refractivity contribution in [3.63, 3.8) is 0 Å². The van der Waals surface area contributed by atoms with E-state index in [0.29, 0.717) is 11.0 Å². The van der Waals surface area contributed by atoms with E-state index in [1.54, 1.807) is 17.4 Å². The van der Waals surface area contributed by atoms with Gasteiger partial charge in [-0.2, -0.15) is 0 Å². The van der Waals surface area contributed by atoms with Crippen molar-refractivity contribution in [1.82, 2.24) is 15.3 Å². The van der Waals surface area contributed by atoms with Gasteiger partial charge in [0.05, 0.1) is 11.8 Å². The highest BCUT2D eigenvalue weighted by atomic mass is 32.2. The summed E-state index contributed by atoms with van der Waals surface area (Å²) in [4.78, 5) is 21.3. The summed E-state index contributed by atoms with van der Waals surface area (Å²) in [5.74, 6) is 0.658. The zero-order chi connectivity index (χ0) is 14.5. The largest absolute Gasteiger partial charge is 0.384 e. The van der Waals surface area contributed by atoms with Crippen molar-refractivity contribution in [1.29, 1.82) is 0 Å². The Balaban J connectivity index is 1.86. The maximum atomic E-state index is 11.9. The lowest BCUT2D eigenvalue weighted by molar-refractivity contribution is -0.119. The molecule has 0 fully saturated rings. The van der Waals surface area contributed by atoms with Crippen molar-refractivity contribution >= 4 is 34.8 Å². The first-order valence-electron chi connectivity index (χ1n) is 6.11. The van der Waals surface area contributed by atoms with Gasteiger partial charge in [-0.15, -0.1) is 11.3 Å². The summed E-state index contributed by atoms with van der Waals surface area (Å²) < 4.78 is 0. The fourth-order valence-corrected chi connectivity index (χ4v) is 3.11. The second-order valence-corrected chi connectivity index (χ2v) is 6.23. The molecule has 7 heteroatoms. The van der Waals surface area contributed by atoms with E-state index in [4.69, 9.17) is 5.73 Å². The van der Waals surface area contributed by atoms with E-state index >= 15 is 0 Å². The molecule has 0 unspecified atom stereocenters. The fourth-order valence-electron chi connectivity index (χ4n) is 1.65. The highest BCUT2D eigenvalue weighted by Gasteiger charge is 2.11. The summed E-state index contributed by atoms with van der Waals surface area (Å²) in [6.07, 6.45) is 0. The predicted molar refractivity (Wildman–Crippen MR) is 82.8 cm³/mol. The maximum absolute atomic E-state index is 11.9. The van der Waals surface area contributed by atoms with Gasteiger partial charge in [0.15, 0.2) is 5.16 Å². The lowest BCUT2D eigenvalue weighted by Gasteiger charge is -2.11. The van der Waals surface area contributed by atoms with Crippen LogP contribution in [0.25, 0.3) is 0 Å². The molecule has 0 aliphatic carbocycles. The summed E-state index contributed by atoms with van der Waals surface area (Å²) in [6.45, 7) is 3.82. The molecular weight excluding hydrogens is 292 g/mol. The average molecular weight is 308 g/mol. The van der Waals surface area contributed by atoms with Crippen molar-refractivity contribution < 1.29 is 4.79 Å². The molecule has 2 rings (SSSR count). The molecule has 106 valence electrons. The van der Waals surface area contributed by atoms with E-state index in [1.807, 2.05) is 31.4 Å². The van der Waals surface area contributed by atoms with Crippen LogP contribution in [0.4, 0.5) is 5.82 Å². The molecule has 20 heavy (non-hydrogen) atoms. The number of nitrogen functional groups attached to an aromatic ring is 1. The SMILES string of the molecule is Cc1cc(N)nc(SCC(=O)N[C@@H](C)c2cccs2)n1. The number of aromatic nitrogens is 2. The van der Waals surface area contributed by atoms with Gasteiger partial charge in [0.25, 0.3) is 0 Å². The third-order valence-corrected chi connectivity index (χ3v) is 4.44. The third-order valence-electron chi connectivity index (χ3n) is 2.53. The number of nitrogens with one attached hydrogen (secondary N) is 1. The molecular formula is C13H16N4OS2. The summed E-state index contributed by atoms with van der Waals surface area (Å²) in [7, 11) is 0. The summed E-state index contributed by atoms with van der Waals surface area (Å²) in [5.41, 5.74) is 6.45. The number of anilines is 1. The van der Waals surface area contributed by atoms with Gasteiger partial charge < -0.3 is 11.1 Å². The van der Waals surface area contributed by atoms with Gasteiger partial charge in [-0.05, 0) is 25.3 Å². The Morgan fingerprint density at radius 2 is 2.35 bits per heavy atom. The van der Waals surface area contributed by atoms with Gasteiger partial charge in [-0.1, -0.05) is 17.8 Å². The molecule has 1 atom stereocenters. The predicted octanol–water partition coefficient (Wildman–Crippen LogP) is 2.40. The highest BCUT2D eigenvalue weighted by molar-refractivity contribution is 7.99. The van der Waals surface area contributed by atoms with Gasteiger partial charge in [0.2, 0.25) is 5.91 Å². The number of amides is 1. The minimum Gasteiger partial charge on any atom is -0.384 e. The van der Waals surface area contributed by atoms with Crippen molar-refractivity contribution in [2.24, 2.45) is 0 Å². The Morgan fingerprint density at radius 3 is 3.00 bits per heavy atom. The van der Waals surface area contributed by atoms with Gasteiger partial charge >= 0.3 is 0 Å². The van der Waals surface area contributed by atoms with Crippen LogP contribution < -0.4 is 11.1 Å². The number of thioether (sulfide) groups is 1. The molecule has 0 spiro atoms. The van der Waals surface area contributed by atoms with E-state index in [9.17, 15) is 4.79 Å². The van der Waals surface area contributed by atoms with Crippen LogP contribution in [0.1, 0.15) is 23.5 Å². The number of rotatable bonds is 5. The molecule has 2 heterocycles. The second kappa shape index (κ2) is 6.71. The van der Waals surface area contributed by atoms with Gasteiger partial charge in [-0.25, -0.2) is 9.97 Å². The van der Waals surface area contributed by atoms with E-state index in [2.05, 4.69) is 15.3 Å². The van der Waals surface area contributed by atoms with Crippen molar-refractivity contribution in [2.75, 3.05) is 11.5 Å². The van der Waals surface area contributed by atoms with E-state index in [0.717, 1.165) is 10.6 Å². The first kappa shape index (κ1) is 14.8. The lowest BCUT2D eigenvalue weighted by atomic mass is 10.3. The summed E-state index contributed by atoms with van der Waals surface area (Å²) in [5, 5.41) is 5.47. The maximum Gasteiger partial charge on any atom is 0.230 e. The molecule has 2 aromatic rings. The fraction of sp³-hybridized carbons (Fsp3) is 0.308. The van der Waals surface area contributed by atoms with E-state index < -0.39 is 0 Å². The third kappa shape index (κ3) is 4.21. The van der Waals surface area contributed by atoms with Crippen molar-refractivity contribution in [2.45, 2.75) is 25.0 Å². The molecule has 1 amide bonds. The monoisotopic (exact) mass is 308 g/mol. The Hall–Kier alpha value is -1.60. The minimum atomic E-state index is -0.0421. The number of nitrogens with zero attached hydrogens (tertiary/aromatic N) is 2. The number of carbonyl (C=O) groups excluding carboxylic acids is 1. The smallest absolute Gasteiger partial charge is 0.230 e. The quantitative estimate of drug-likeness (QED) is 0.655. The Kier molecular flexibility index (Phi) is 4.97. The normalized spacial score (nSPS) is 12.1. The van der Waals surface area contributed by atoms with E-state index in [-0.39, 0.29) is 17.7 Å². The first-order chi connectivity index (χ1) is 9.54. The van der Waals surface area contributed by atoms with Crippen molar-refractivity contribution in [3.8, 4) is 0 Å². The summed E-state index contributed by atoms with van der Waals surface area (Å²) in [6, 6.07) is 5.70. The topological polar surface area (TPSA) is 80.9 Å². The number of carbonyl (C=O) groups is 1. The number of hydrogen-bond acceptors (Lipinski definition) is 6. The highest BCUT2D eigenvalue weighted by Crippen LogP contribution is 2.19. The van der Waals surface area contributed by atoms with E-state index in [1.165, 1.54) is 11.8 Å². The Bertz CT molecular complexity index is 566. The molecule has 0 radical (unpaired) electrons. The molecule has 3 N–H and O–H groups in total. The number of aryl methyl sites for hydroxylation is 1. The molecule has 0 aliphatic rings. The van der Waals surface area contributed by atoms with Crippen LogP contribution in [0.5, 0.6) is 0 Å².